The minimum absolute atomic E-state index is 0.0557. The number of nitrogens with one attached hydrogen (secondary N) is 1. The molecule has 0 saturated carbocycles. The largest absolute Gasteiger partial charge is 0.489 e. The third kappa shape index (κ3) is 3.23. The highest BCUT2D eigenvalue weighted by molar-refractivity contribution is 7.15. The monoisotopic (exact) mass is 341 g/mol. The summed E-state index contributed by atoms with van der Waals surface area (Å²) < 4.78 is 11.5. The van der Waals surface area contributed by atoms with Crippen molar-refractivity contribution in [1.82, 2.24) is 4.98 Å². The molecule has 0 spiro atoms. The summed E-state index contributed by atoms with van der Waals surface area (Å²) in [4.78, 5) is 15.6. The number of aromatic nitrogens is 1. The van der Waals surface area contributed by atoms with Gasteiger partial charge >= 0.3 is 0 Å². The lowest BCUT2D eigenvalue weighted by atomic mass is 10.2. The van der Waals surface area contributed by atoms with E-state index in [-0.39, 0.29) is 5.69 Å². The highest BCUT2D eigenvalue weighted by Gasteiger charge is 2.21. The molecule has 0 fully saturated rings. The molecule has 116 valence electrons. The van der Waals surface area contributed by atoms with Gasteiger partial charge in [-0.05, 0) is 0 Å². The second-order valence-electron chi connectivity index (χ2n) is 4.56. The quantitative estimate of drug-likeness (QED) is 0.676. The van der Waals surface area contributed by atoms with Crippen molar-refractivity contribution in [3.05, 3.63) is 37.8 Å². The fourth-order valence-corrected chi connectivity index (χ4v) is 2.96. The van der Waals surface area contributed by atoms with Crippen LogP contribution in [0.15, 0.2) is 18.3 Å². The Morgan fingerprint density at radius 2 is 2.09 bits per heavy atom. The highest BCUT2D eigenvalue weighted by Crippen LogP contribution is 2.39. The number of nitro groups is 1. The Labute approximate surface area is 135 Å². The molecular weight excluding hydrogens is 330 g/mol. The van der Waals surface area contributed by atoms with Crippen LogP contribution < -0.4 is 14.8 Å². The zero-order chi connectivity index (χ0) is 15.5. The van der Waals surface area contributed by atoms with Crippen LogP contribution in [0.4, 0.5) is 11.4 Å². The van der Waals surface area contributed by atoms with E-state index in [1.807, 2.05) is 0 Å². The normalized spacial score (nSPS) is 13.5. The first-order chi connectivity index (χ1) is 10.6. The van der Waals surface area contributed by atoms with Crippen LogP contribution in [-0.4, -0.2) is 23.1 Å². The van der Waals surface area contributed by atoms with Gasteiger partial charge in [-0.25, -0.2) is 4.98 Å². The van der Waals surface area contributed by atoms with Gasteiger partial charge in [0.15, 0.2) is 16.0 Å². The van der Waals surface area contributed by atoms with Gasteiger partial charge in [-0.15, -0.1) is 11.3 Å². The fraction of sp³-hybridized carbons (Fsp3) is 0.308. The maximum absolute atomic E-state index is 11.2. The third-order valence-electron chi connectivity index (χ3n) is 3.04. The van der Waals surface area contributed by atoms with Crippen molar-refractivity contribution in [2.24, 2.45) is 0 Å². The molecule has 22 heavy (non-hydrogen) atoms. The molecule has 0 aliphatic carbocycles. The van der Waals surface area contributed by atoms with Gasteiger partial charge < -0.3 is 14.8 Å². The minimum atomic E-state index is -0.448. The molecule has 0 saturated heterocycles. The lowest BCUT2D eigenvalue weighted by Gasteiger charge is -2.11. The van der Waals surface area contributed by atoms with Gasteiger partial charge in [0, 0.05) is 23.6 Å². The smallest absolute Gasteiger partial charge is 0.296 e. The average molecular weight is 342 g/mol. The van der Waals surface area contributed by atoms with Crippen LogP contribution >= 0.6 is 22.9 Å². The van der Waals surface area contributed by atoms with Crippen LogP contribution in [0.3, 0.4) is 0 Å². The SMILES string of the molecule is O=[N+]([O-])c1cc2c(cc1NCc1cnc(Cl)s1)OCCCO2. The summed E-state index contributed by atoms with van der Waals surface area (Å²) in [6, 6.07) is 2.99. The average Bonchev–Trinajstić information content (AvgIpc) is 2.77. The van der Waals surface area contributed by atoms with E-state index < -0.39 is 4.92 Å². The van der Waals surface area contributed by atoms with Gasteiger partial charge in [-0.2, -0.15) is 0 Å². The first-order valence-electron chi connectivity index (χ1n) is 6.55. The van der Waals surface area contributed by atoms with Crippen molar-refractivity contribution in [3.8, 4) is 11.5 Å². The summed E-state index contributed by atoms with van der Waals surface area (Å²) in [7, 11) is 0. The van der Waals surface area contributed by atoms with Gasteiger partial charge in [0.2, 0.25) is 0 Å². The Kier molecular flexibility index (Phi) is 4.30. The Morgan fingerprint density at radius 3 is 2.73 bits per heavy atom. The Balaban J connectivity index is 1.87. The van der Waals surface area contributed by atoms with Crippen molar-refractivity contribution in [2.45, 2.75) is 13.0 Å². The summed E-state index contributed by atoms with van der Waals surface area (Å²) in [5.41, 5.74) is 0.318. The Bertz CT molecular complexity index is 707. The number of nitro benzene ring substituents is 1. The van der Waals surface area contributed by atoms with E-state index in [2.05, 4.69) is 10.3 Å². The summed E-state index contributed by atoms with van der Waals surface area (Å²) in [5, 5.41) is 14.3. The molecule has 2 heterocycles. The molecule has 7 nitrogen and oxygen atoms in total. The summed E-state index contributed by atoms with van der Waals surface area (Å²) in [6.07, 6.45) is 2.37. The van der Waals surface area contributed by atoms with E-state index >= 15 is 0 Å². The maximum atomic E-state index is 11.2. The van der Waals surface area contributed by atoms with E-state index in [1.165, 1.54) is 17.4 Å². The maximum Gasteiger partial charge on any atom is 0.296 e. The highest BCUT2D eigenvalue weighted by atomic mass is 35.5. The molecule has 1 aromatic carbocycles. The molecule has 3 rings (SSSR count). The van der Waals surface area contributed by atoms with Gasteiger partial charge in [0.1, 0.15) is 5.69 Å². The molecule has 2 aromatic rings. The molecule has 0 unspecified atom stereocenters. The number of hydrogen-bond donors (Lipinski definition) is 1. The third-order valence-corrected chi connectivity index (χ3v) is 4.16. The summed E-state index contributed by atoms with van der Waals surface area (Å²) >= 11 is 7.09. The number of anilines is 1. The van der Waals surface area contributed by atoms with Crippen molar-refractivity contribution < 1.29 is 14.4 Å². The molecule has 1 aromatic heterocycles. The van der Waals surface area contributed by atoms with Crippen molar-refractivity contribution in [2.75, 3.05) is 18.5 Å². The zero-order valence-corrected chi connectivity index (χ0v) is 12.9. The number of ether oxygens (including phenoxy) is 2. The Hall–Kier alpha value is -2.06. The summed E-state index contributed by atoms with van der Waals surface area (Å²) in [6.45, 7) is 1.40. The predicted octanol–water partition coefficient (Wildman–Crippen LogP) is 3.48. The number of thiazole rings is 1. The van der Waals surface area contributed by atoms with E-state index in [9.17, 15) is 10.1 Å². The second kappa shape index (κ2) is 6.37. The molecule has 1 aliphatic rings. The molecule has 1 aliphatic heterocycles. The van der Waals surface area contributed by atoms with Gasteiger partial charge in [0.25, 0.3) is 5.69 Å². The van der Waals surface area contributed by atoms with E-state index in [1.54, 1.807) is 12.3 Å². The van der Waals surface area contributed by atoms with E-state index in [4.69, 9.17) is 21.1 Å². The predicted molar refractivity (Wildman–Crippen MR) is 83.2 cm³/mol. The van der Waals surface area contributed by atoms with Crippen molar-refractivity contribution in [1.29, 1.82) is 0 Å². The van der Waals surface area contributed by atoms with Gasteiger partial charge in [-0.3, -0.25) is 10.1 Å². The lowest BCUT2D eigenvalue weighted by molar-refractivity contribution is -0.384. The molecule has 1 N–H and O–H groups in total. The zero-order valence-electron chi connectivity index (χ0n) is 11.4. The number of benzene rings is 1. The number of halogens is 1. The number of rotatable bonds is 4. The van der Waals surface area contributed by atoms with Crippen LogP contribution in [0.2, 0.25) is 4.47 Å². The van der Waals surface area contributed by atoms with Crippen LogP contribution in [-0.2, 0) is 6.54 Å². The minimum Gasteiger partial charge on any atom is -0.489 e. The van der Waals surface area contributed by atoms with Crippen LogP contribution in [0.25, 0.3) is 0 Å². The van der Waals surface area contributed by atoms with Crippen LogP contribution in [0, 0.1) is 10.1 Å². The molecular formula is C13H12ClN3O4S. The second-order valence-corrected chi connectivity index (χ2v) is 6.25. The summed E-state index contributed by atoms with van der Waals surface area (Å²) in [5.74, 6) is 0.906. The molecule has 9 heteroatoms. The molecule has 0 radical (unpaired) electrons. The van der Waals surface area contributed by atoms with Gasteiger partial charge in [-0.1, -0.05) is 11.6 Å². The number of nitrogens with zero attached hydrogens (tertiary/aromatic N) is 2. The number of fused-ring (bicyclic) bond motifs is 1. The molecule has 0 amide bonds. The van der Waals surface area contributed by atoms with E-state index in [0.717, 1.165) is 11.3 Å². The van der Waals surface area contributed by atoms with Crippen molar-refractivity contribution >= 4 is 34.3 Å². The fourth-order valence-electron chi connectivity index (χ4n) is 2.04. The molecule has 0 atom stereocenters. The van der Waals surface area contributed by atoms with Gasteiger partial charge in [0.05, 0.1) is 30.7 Å². The lowest BCUT2D eigenvalue weighted by Crippen LogP contribution is -2.03. The Morgan fingerprint density at radius 1 is 1.36 bits per heavy atom. The first-order valence-corrected chi connectivity index (χ1v) is 7.75. The standard InChI is InChI=1S/C13H12ClN3O4S/c14-13-16-7-8(22-13)6-15-9-4-11-12(5-10(9)17(18)19)21-3-1-2-20-11/h4-5,7,15H,1-3,6H2. The first kappa shape index (κ1) is 14.9. The number of hydrogen-bond acceptors (Lipinski definition) is 7. The van der Waals surface area contributed by atoms with E-state index in [0.29, 0.717) is 41.4 Å². The van der Waals surface area contributed by atoms with Crippen LogP contribution in [0.1, 0.15) is 11.3 Å². The van der Waals surface area contributed by atoms with Crippen LogP contribution in [0.5, 0.6) is 11.5 Å². The molecule has 0 bridgehead atoms. The topological polar surface area (TPSA) is 86.5 Å². The van der Waals surface area contributed by atoms with Crippen molar-refractivity contribution in [3.63, 3.8) is 0 Å².